The van der Waals surface area contributed by atoms with Crippen molar-refractivity contribution in [1.82, 2.24) is 0 Å². The maximum atomic E-state index is 11.8. The quantitative estimate of drug-likeness (QED) is 0.552. The lowest BCUT2D eigenvalue weighted by Gasteiger charge is -2.44. The predicted molar refractivity (Wildman–Crippen MR) is 63.9 cm³/mol. The molecule has 0 aromatic rings. The topological polar surface area (TPSA) is 52.6 Å². The molecule has 4 heteroatoms. The summed E-state index contributed by atoms with van der Waals surface area (Å²) in [5, 5.41) is 0. The highest BCUT2D eigenvalue weighted by Crippen LogP contribution is 2.60. The van der Waals surface area contributed by atoms with Gasteiger partial charge in [-0.15, -0.1) is 0 Å². The smallest absolute Gasteiger partial charge is 0.178 e. The number of rotatable bonds is 2. The lowest BCUT2D eigenvalue weighted by molar-refractivity contribution is -0.219. The van der Waals surface area contributed by atoms with Gasteiger partial charge in [0, 0.05) is 11.8 Å². The van der Waals surface area contributed by atoms with Crippen molar-refractivity contribution < 1.29 is 19.1 Å². The Hall–Kier alpha value is -1.00. The van der Waals surface area contributed by atoms with Gasteiger partial charge in [0.2, 0.25) is 0 Å². The van der Waals surface area contributed by atoms with Crippen LogP contribution in [-0.4, -0.2) is 31.1 Å². The van der Waals surface area contributed by atoms with Gasteiger partial charge in [0.1, 0.15) is 6.29 Å². The molecule has 2 fully saturated rings. The number of ether oxygens (including phenoxy) is 2. The fourth-order valence-corrected chi connectivity index (χ4v) is 3.91. The van der Waals surface area contributed by atoms with Crippen LogP contribution in [0.15, 0.2) is 11.6 Å². The van der Waals surface area contributed by atoms with Crippen LogP contribution < -0.4 is 0 Å². The van der Waals surface area contributed by atoms with Crippen molar-refractivity contribution in [1.29, 1.82) is 0 Å². The van der Waals surface area contributed by atoms with Crippen LogP contribution in [-0.2, 0) is 19.1 Å². The Bertz CT molecular complexity index is 420. The first-order chi connectivity index (χ1) is 8.67. The highest BCUT2D eigenvalue weighted by Gasteiger charge is 2.62. The summed E-state index contributed by atoms with van der Waals surface area (Å²) in [6.07, 6.45) is 5.46. The number of fused-ring (bicyclic) bond motifs is 2. The molecule has 0 radical (unpaired) electrons. The van der Waals surface area contributed by atoms with E-state index in [1.165, 1.54) is 0 Å². The Labute approximate surface area is 106 Å². The Morgan fingerprint density at radius 1 is 1.44 bits per heavy atom. The third kappa shape index (κ3) is 1.33. The van der Waals surface area contributed by atoms with E-state index in [-0.39, 0.29) is 11.2 Å². The van der Waals surface area contributed by atoms with Gasteiger partial charge in [-0.3, -0.25) is 4.79 Å². The molecule has 1 saturated carbocycles. The Morgan fingerprint density at radius 3 is 2.78 bits per heavy atom. The van der Waals surface area contributed by atoms with E-state index >= 15 is 0 Å². The highest BCUT2D eigenvalue weighted by atomic mass is 16.7. The van der Waals surface area contributed by atoms with E-state index in [2.05, 4.69) is 6.92 Å². The van der Waals surface area contributed by atoms with Gasteiger partial charge < -0.3 is 14.3 Å². The average molecular weight is 250 g/mol. The second-order valence-electron chi connectivity index (χ2n) is 5.40. The summed E-state index contributed by atoms with van der Waals surface area (Å²) in [4.78, 5) is 22.9. The molecule has 0 N–H and O–H groups in total. The zero-order chi connectivity index (χ0) is 12.8. The van der Waals surface area contributed by atoms with Gasteiger partial charge in [-0.05, 0) is 25.3 Å². The molecule has 3 rings (SSSR count). The van der Waals surface area contributed by atoms with E-state index in [0.29, 0.717) is 19.6 Å². The van der Waals surface area contributed by atoms with Gasteiger partial charge in [0.05, 0.1) is 19.1 Å². The third-order valence-corrected chi connectivity index (χ3v) is 4.84. The molecule has 1 aliphatic heterocycles. The van der Waals surface area contributed by atoms with Crippen LogP contribution in [0.3, 0.4) is 0 Å². The number of allylic oxidation sites excluding steroid dienone is 1. The van der Waals surface area contributed by atoms with E-state index in [1.807, 2.05) is 0 Å². The van der Waals surface area contributed by atoms with Crippen molar-refractivity contribution in [3.63, 3.8) is 0 Å². The first-order valence-corrected chi connectivity index (χ1v) is 6.65. The van der Waals surface area contributed by atoms with Gasteiger partial charge in [-0.25, -0.2) is 0 Å². The summed E-state index contributed by atoms with van der Waals surface area (Å²) in [6.45, 7) is 3.30. The largest absolute Gasteiger partial charge is 0.347 e. The maximum absolute atomic E-state index is 11.8. The van der Waals surface area contributed by atoms with Gasteiger partial charge in [0.15, 0.2) is 11.6 Å². The van der Waals surface area contributed by atoms with Gasteiger partial charge in [0.25, 0.3) is 0 Å². The fraction of sp³-hybridized carbons (Fsp3) is 0.714. The maximum Gasteiger partial charge on any atom is 0.178 e. The summed E-state index contributed by atoms with van der Waals surface area (Å²) < 4.78 is 11.8. The lowest BCUT2D eigenvalue weighted by atomic mass is 9.66. The Balaban J connectivity index is 2.07. The molecule has 2 unspecified atom stereocenters. The van der Waals surface area contributed by atoms with Crippen molar-refractivity contribution in [3.8, 4) is 0 Å². The van der Waals surface area contributed by atoms with E-state index in [1.54, 1.807) is 6.08 Å². The predicted octanol–water partition coefficient (Wildman–Crippen LogP) is 1.63. The molecule has 0 aromatic heterocycles. The van der Waals surface area contributed by atoms with Crippen LogP contribution in [0.25, 0.3) is 0 Å². The third-order valence-electron chi connectivity index (χ3n) is 4.84. The molecule has 18 heavy (non-hydrogen) atoms. The minimum absolute atomic E-state index is 0.0564. The molecule has 4 nitrogen and oxygen atoms in total. The van der Waals surface area contributed by atoms with Crippen molar-refractivity contribution in [2.24, 2.45) is 11.3 Å². The van der Waals surface area contributed by atoms with E-state index in [4.69, 9.17) is 9.47 Å². The Morgan fingerprint density at radius 2 is 2.17 bits per heavy atom. The Kier molecular flexibility index (Phi) is 2.68. The second-order valence-corrected chi connectivity index (χ2v) is 5.40. The molecule has 1 saturated heterocycles. The highest BCUT2D eigenvalue weighted by molar-refractivity contribution is 6.02. The minimum atomic E-state index is -0.588. The molecule has 98 valence electrons. The normalized spacial score (nSPS) is 37.7. The number of hydrogen-bond donors (Lipinski definition) is 0. The summed E-state index contributed by atoms with van der Waals surface area (Å²) in [6, 6.07) is 0. The molecule has 3 aliphatic rings. The fourth-order valence-electron chi connectivity index (χ4n) is 3.91. The summed E-state index contributed by atoms with van der Waals surface area (Å²) in [7, 11) is 0. The van der Waals surface area contributed by atoms with Gasteiger partial charge in [-0.2, -0.15) is 0 Å². The number of carbonyl (C=O) groups excluding carboxylic acids is 2. The molecule has 2 atom stereocenters. The molecule has 0 aromatic carbocycles. The van der Waals surface area contributed by atoms with Crippen LogP contribution in [0, 0.1) is 11.3 Å². The monoisotopic (exact) mass is 250 g/mol. The van der Waals surface area contributed by atoms with Crippen molar-refractivity contribution in [2.45, 2.75) is 38.4 Å². The molecule has 1 spiro atoms. The van der Waals surface area contributed by atoms with Crippen molar-refractivity contribution in [3.05, 3.63) is 11.6 Å². The molecule has 2 aliphatic carbocycles. The van der Waals surface area contributed by atoms with Crippen LogP contribution in [0.5, 0.6) is 0 Å². The number of ketones is 1. The van der Waals surface area contributed by atoms with Gasteiger partial charge >= 0.3 is 0 Å². The average Bonchev–Trinajstić information content (AvgIpc) is 2.97. The summed E-state index contributed by atoms with van der Waals surface area (Å²) in [5.41, 5.74) is 0.846. The number of hydrogen-bond acceptors (Lipinski definition) is 4. The van der Waals surface area contributed by atoms with E-state index in [0.717, 1.165) is 31.1 Å². The van der Waals surface area contributed by atoms with Crippen molar-refractivity contribution >= 4 is 12.1 Å². The van der Waals surface area contributed by atoms with Crippen LogP contribution in [0.2, 0.25) is 0 Å². The molecule has 1 heterocycles. The molecular formula is C14H18O4. The number of aldehydes is 1. The van der Waals surface area contributed by atoms with Gasteiger partial charge in [-0.1, -0.05) is 12.5 Å². The standard InChI is InChI=1S/C14H18O4/c1-2-13-8-10(9-15)12(16)7-11(13)3-4-14(13)17-5-6-18-14/h7,9-10H,2-6,8H2,1H3. The lowest BCUT2D eigenvalue weighted by Crippen LogP contribution is -2.49. The van der Waals surface area contributed by atoms with E-state index < -0.39 is 11.7 Å². The first kappa shape index (κ1) is 12.1. The summed E-state index contributed by atoms with van der Waals surface area (Å²) in [5.74, 6) is -1.18. The second kappa shape index (κ2) is 4.00. The summed E-state index contributed by atoms with van der Waals surface area (Å²) >= 11 is 0. The van der Waals surface area contributed by atoms with Crippen LogP contribution >= 0.6 is 0 Å². The molecule has 0 amide bonds. The minimum Gasteiger partial charge on any atom is -0.347 e. The van der Waals surface area contributed by atoms with Crippen LogP contribution in [0.4, 0.5) is 0 Å². The number of carbonyl (C=O) groups is 2. The van der Waals surface area contributed by atoms with E-state index in [9.17, 15) is 9.59 Å². The SMILES string of the molecule is CCC12CC(C=O)C(=O)C=C1CCC21OCCO1. The first-order valence-electron chi connectivity index (χ1n) is 6.65. The zero-order valence-electron chi connectivity index (χ0n) is 10.6. The molecular weight excluding hydrogens is 232 g/mol. The zero-order valence-corrected chi connectivity index (χ0v) is 10.6. The van der Waals surface area contributed by atoms with Crippen molar-refractivity contribution in [2.75, 3.05) is 13.2 Å². The van der Waals surface area contributed by atoms with Crippen LogP contribution in [0.1, 0.15) is 32.6 Å². The molecule has 0 bridgehead atoms.